The van der Waals surface area contributed by atoms with Crippen LogP contribution in [0.2, 0.25) is 0 Å². The van der Waals surface area contributed by atoms with Gasteiger partial charge in [0.25, 0.3) is 0 Å². The van der Waals surface area contributed by atoms with Crippen LogP contribution in [0.3, 0.4) is 0 Å². The van der Waals surface area contributed by atoms with Crippen molar-refractivity contribution in [3.05, 3.63) is 42.0 Å². The van der Waals surface area contributed by atoms with Crippen LogP contribution in [0.25, 0.3) is 0 Å². The summed E-state index contributed by atoms with van der Waals surface area (Å²) in [6, 6.07) is 7.45. The molecule has 0 aliphatic carbocycles. The minimum absolute atomic E-state index is 0.340. The van der Waals surface area contributed by atoms with Gasteiger partial charge in [-0.3, -0.25) is 4.90 Å². The molecule has 0 spiro atoms. The van der Waals surface area contributed by atoms with Gasteiger partial charge in [0.2, 0.25) is 0 Å². The molecule has 1 aliphatic heterocycles. The predicted molar refractivity (Wildman–Crippen MR) is 57.1 cm³/mol. The van der Waals surface area contributed by atoms with Crippen LogP contribution in [-0.2, 0) is 6.54 Å². The van der Waals surface area contributed by atoms with Crippen molar-refractivity contribution in [2.45, 2.75) is 13.0 Å². The molecular formula is C12H15NO. The molecule has 0 bridgehead atoms. The first-order valence-electron chi connectivity index (χ1n) is 5.00. The normalized spacial score (nSPS) is 17.1. The predicted octanol–water partition coefficient (Wildman–Crippen LogP) is 2.15. The van der Waals surface area contributed by atoms with Crippen molar-refractivity contribution in [1.29, 1.82) is 0 Å². The second kappa shape index (κ2) is 4.29. The lowest BCUT2D eigenvalue weighted by Crippen LogP contribution is -2.26. The summed E-state index contributed by atoms with van der Waals surface area (Å²) in [6.45, 7) is 3.16. The molecule has 0 unspecified atom stereocenters. The van der Waals surface area contributed by atoms with E-state index in [4.69, 9.17) is 5.11 Å². The van der Waals surface area contributed by atoms with Gasteiger partial charge in [0, 0.05) is 19.6 Å². The number of nitrogens with zero attached hydrogens (tertiary/aromatic N) is 1. The Morgan fingerprint density at radius 2 is 1.93 bits per heavy atom. The molecule has 0 radical (unpaired) electrons. The molecule has 0 fully saturated rings. The monoisotopic (exact) mass is 189 g/mol. The van der Waals surface area contributed by atoms with Crippen molar-refractivity contribution in [2.75, 3.05) is 13.1 Å². The van der Waals surface area contributed by atoms with E-state index in [-0.39, 0.29) is 0 Å². The molecule has 1 aromatic rings. The highest BCUT2D eigenvalue weighted by atomic mass is 16.3. The standard InChI is InChI=1S/C12H15NO/c14-12-6-4-11(5-7-12)10-13-8-2-1-3-9-13/h1-2,4-7,14H,3,8-10H2. The van der Waals surface area contributed by atoms with Gasteiger partial charge < -0.3 is 5.11 Å². The van der Waals surface area contributed by atoms with Crippen molar-refractivity contribution >= 4 is 0 Å². The number of benzene rings is 1. The van der Waals surface area contributed by atoms with Gasteiger partial charge >= 0.3 is 0 Å². The van der Waals surface area contributed by atoms with Crippen molar-refractivity contribution < 1.29 is 5.11 Å². The zero-order chi connectivity index (χ0) is 9.80. The van der Waals surface area contributed by atoms with Gasteiger partial charge in [-0.25, -0.2) is 0 Å². The third kappa shape index (κ3) is 2.36. The Hall–Kier alpha value is -1.28. The van der Waals surface area contributed by atoms with E-state index in [0.717, 1.165) is 26.1 Å². The van der Waals surface area contributed by atoms with Crippen LogP contribution in [0.4, 0.5) is 0 Å². The molecule has 1 aromatic carbocycles. The van der Waals surface area contributed by atoms with Gasteiger partial charge in [-0.15, -0.1) is 0 Å². The topological polar surface area (TPSA) is 23.5 Å². The van der Waals surface area contributed by atoms with Crippen molar-refractivity contribution in [2.24, 2.45) is 0 Å². The smallest absolute Gasteiger partial charge is 0.115 e. The zero-order valence-electron chi connectivity index (χ0n) is 8.19. The van der Waals surface area contributed by atoms with E-state index in [2.05, 4.69) is 17.1 Å². The largest absolute Gasteiger partial charge is 0.508 e. The van der Waals surface area contributed by atoms with Crippen LogP contribution in [0.1, 0.15) is 12.0 Å². The number of rotatable bonds is 2. The fourth-order valence-corrected chi connectivity index (χ4v) is 1.69. The summed E-state index contributed by atoms with van der Waals surface area (Å²) in [5, 5.41) is 9.14. The Morgan fingerprint density at radius 3 is 2.57 bits per heavy atom. The molecule has 0 saturated heterocycles. The van der Waals surface area contributed by atoms with Crippen LogP contribution in [0.5, 0.6) is 5.75 Å². The maximum absolute atomic E-state index is 9.14. The summed E-state index contributed by atoms with van der Waals surface area (Å²) in [4.78, 5) is 2.40. The quantitative estimate of drug-likeness (QED) is 0.721. The average Bonchev–Trinajstić information content (AvgIpc) is 2.23. The van der Waals surface area contributed by atoms with Crippen molar-refractivity contribution in [3.63, 3.8) is 0 Å². The fourth-order valence-electron chi connectivity index (χ4n) is 1.69. The number of aromatic hydroxyl groups is 1. The molecule has 1 N–H and O–H groups in total. The van der Waals surface area contributed by atoms with E-state index in [1.807, 2.05) is 12.1 Å². The third-order valence-corrected chi connectivity index (χ3v) is 2.48. The van der Waals surface area contributed by atoms with E-state index in [0.29, 0.717) is 5.75 Å². The molecule has 0 saturated carbocycles. The van der Waals surface area contributed by atoms with E-state index in [1.165, 1.54) is 5.56 Å². The van der Waals surface area contributed by atoms with E-state index in [1.54, 1.807) is 12.1 Å². The van der Waals surface area contributed by atoms with Crippen LogP contribution >= 0.6 is 0 Å². The number of hydrogen-bond donors (Lipinski definition) is 1. The minimum Gasteiger partial charge on any atom is -0.508 e. The Balaban J connectivity index is 1.96. The number of phenols is 1. The highest BCUT2D eigenvalue weighted by Crippen LogP contribution is 2.12. The second-order valence-corrected chi connectivity index (χ2v) is 3.66. The zero-order valence-corrected chi connectivity index (χ0v) is 8.19. The van der Waals surface area contributed by atoms with Gasteiger partial charge in [-0.1, -0.05) is 24.3 Å². The highest BCUT2D eigenvalue weighted by Gasteiger charge is 2.06. The first-order valence-corrected chi connectivity index (χ1v) is 5.00. The Bertz CT molecular complexity index is 316. The van der Waals surface area contributed by atoms with E-state index >= 15 is 0 Å². The molecule has 0 amide bonds. The van der Waals surface area contributed by atoms with Crippen LogP contribution < -0.4 is 0 Å². The lowest BCUT2D eigenvalue weighted by atomic mass is 10.2. The van der Waals surface area contributed by atoms with Crippen molar-refractivity contribution in [1.82, 2.24) is 4.90 Å². The van der Waals surface area contributed by atoms with Gasteiger partial charge in [0.15, 0.2) is 0 Å². The van der Waals surface area contributed by atoms with Crippen molar-refractivity contribution in [3.8, 4) is 5.75 Å². The molecule has 2 rings (SSSR count). The van der Waals surface area contributed by atoms with Gasteiger partial charge in [-0.05, 0) is 24.1 Å². The molecule has 1 heterocycles. The highest BCUT2D eigenvalue weighted by molar-refractivity contribution is 5.25. The summed E-state index contributed by atoms with van der Waals surface area (Å²) in [5.41, 5.74) is 1.26. The number of phenolic OH excluding ortho intramolecular Hbond substituents is 1. The number of hydrogen-bond acceptors (Lipinski definition) is 2. The maximum atomic E-state index is 9.14. The summed E-state index contributed by atoms with van der Waals surface area (Å²) < 4.78 is 0. The molecule has 74 valence electrons. The lowest BCUT2D eigenvalue weighted by molar-refractivity contribution is 0.290. The van der Waals surface area contributed by atoms with Gasteiger partial charge in [-0.2, -0.15) is 0 Å². The Labute approximate surface area is 84.5 Å². The SMILES string of the molecule is Oc1ccc(CN2CC=CCC2)cc1. The van der Waals surface area contributed by atoms with Crippen LogP contribution in [-0.4, -0.2) is 23.1 Å². The maximum Gasteiger partial charge on any atom is 0.115 e. The van der Waals surface area contributed by atoms with Crippen LogP contribution in [0, 0.1) is 0 Å². The molecule has 0 aromatic heterocycles. The first kappa shape index (κ1) is 9.28. The van der Waals surface area contributed by atoms with E-state index in [9.17, 15) is 0 Å². The first-order chi connectivity index (χ1) is 6.84. The third-order valence-electron chi connectivity index (χ3n) is 2.48. The van der Waals surface area contributed by atoms with E-state index < -0.39 is 0 Å². The molecule has 14 heavy (non-hydrogen) atoms. The van der Waals surface area contributed by atoms with Crippen LogP contribution in [0.15, 0.2) is 36.4 Å². The Kier molecular flexibility index (Phi) is 2.84. The molecule has 2 heteroatoms. The minimum atomic E-state index is 0.340. The Morgan fingerprint density at radius 1 is 1.14 bits per heavy atom. The average molecular weight is 189 g/mol. The summed E-state index contributed by atoms with van der Waals surface area (Å²) in [6.07, 6.45) is 5.59. The molecule has 0 atom stereocenters. The summed E-state index contributed by atoms with van der Waals surface area (Å²) in [7, 11) is 0. The fraction of sp³-hybridized carbons (Fsp3) is 0.333. The lowest BCUT2D eigenvalue weighted by Gasteiger charge is -2.22. The molecule has 1 aliphatic rings. The molecule has 2 nitrogen and oxygen atoms in total. The summed E-state index contributed by atoms with van der Waals surface area (Å²) >= 11 is 0. The summed E-state index contributed by atoms with van der Waals surface area (Å²) in [5.74, 6) is 0.340. The van der Waals surface area contributed by atoms with Gasteiger partial charge in [0.05, 0.1) is 0 Å². The van der Waals surface area contributed by atoms with Gasteiger partial charge in [0.1, 0.15) is 5.75 Å². The second-order valence-electron chi connectivity index (χ2n) is 3.66. The molecular weight excluding hydrogens is 174 g/mol.